The SMILES string of the molecule is O=C([O-])N1CC2CC1(c1cnc(-c3nn(Cc4ccccc4F)c4ncccc34)nc1)CN2. The standard InChI is InChI=1S/C23H20FN7O2/c24-18-6-2-1-4-14(18)11-31-21-17(5-3-7-25-21)19(29-31)20-26-9-15(10-27-20)23-8-16(28-13-23)12-30(23)22(32)33/h1-7,9-10,16,28H,8,11-13H2,(H,32,33)/p-1. The van der Waals surface area contributed by atoms with Crippen LogP contribution in [0.3, 0.4) is 0 Å². The van der Waals surface area contributed by atoms with E-state index in [0.717, 1.165) is 10.9 Å². The predicted molar refractivity (Wildman–Crippen MR) is 114 cm³/mol. The summed E-state index contributed by atoms with van der Waals surface area (Å²) in [6.07, 6.45) is 4.45. The van der Waals surface area contributed by atoms with E-state index in [0.29, 0.717) is 42.2 Å². The largest absolute Gasteiger partial charge is 0.530 e. The highest BCUT2D eigenvalue weighted by Gasteiger charge is 2.52. The van der Waals surface area contributed by atoms with Gasteiger partial charge in [-0.3, -0.25) is 0 Å². The smallest absolute Gasteiger partial charge is 0.180 e. The number of rotatable bonds is 4. The summed E-state index contributed by atoms with van der Waals surface area (Å²) in [6.45, 7) is 1.11. The van der Waals surface area contributed by atoms with E-state index in [1.54, 1.807) is 47.5 Å². The minimum Gasteiger partial charge on any atom is -0.530 e. The van der Waals surface area contributed by atoms with E-state index in [1.165, 1.54) is 11.0 Å². The number of carbonyl (C=O) groups excluding carboxylic acids is 1. The van der Waals surface area contributed by atoms with Crippen LogP contribution in [0.4, 0.5) is 9.18 Å². The molecule has 2 saturated heterocycles. The lowest BCUT2D eigenvalue weighted by Gasteiger charge is -2.40. The molecule has 4 aromatic rings. The third-order valence-electron chi connectivity index (χ3n) is 6.59. The number of halogens is 1. The van der Waals surface area contributed by atoms with Crippen molar-refractivity contribution in [2.75, 3.05) is 13.1 Å². The number of aromatic nitrogens is 5. The van der Waals surface area contributed by atoms with Gasteiger partial charge in [0.05, 0.1) is 17.5 Å². The van der Waals surface area contributed by atoms with Gasteiger partial charge in [-0.1, -0.05) is 18.2 Å². The van der Waals surface area contributed by atoms with Crippen molar-refractivity contribution in [3.8, 4) is 11.5 Å². The Hall–Kier alpha value is -3.92. The van der Waals surface area contributed by atoms with Gasteiger partial charge in [-0.2, -0.15) is 5.10 Å². The lowest BCUT2D eigenvalue weighted by molar-refractivity contribution is -0.270. The monoisotopic (exact) mass is 444 g/mol. The summed E-state index contributed by atoms with van der Waals surface area (Å²) in [5.41, 5.74) is 1.64. The van der Waals surface area contributed by atoms with Crippen LogP contribution in [-0.2, 0) is 12.1 Å². The van der Waals surface area contributed by atoms with Gasteiger partial charge in [0.25, 0.3) is 0 Å². The summed E-state index contributed by atoms with van der Waals surface area (Å²) in [6, 6.07) is 10.3. The number of benzene rings is 1. The lowest BCUT2D eigenvalue weighted by Crippen LogP contribution is -2.57. The number of fused-ring (bicyclic) bond motifs is 3. The van der Waals surface area contributed by atoms with E-state index < -0.39 is 11.6 Å². The molecular weight excluding hydrogens is 425 g/mol. The van der Waals surface area contributed by atoms with Crippen LogP contribution in [0.5, 0.6) is 0 Å². The van der Waals surface area contributed by atoms with Crippen molar-refractivity contribution < 1.29 is 14.3 Å². The van der Waals surface area contributed by atoms with Crippen LogP contribution in [0.2, 0.25) is 0 Å². The average molecular weight is 444 g/mol. The lowest BCUT2D eigenvalue weighted by atomic mass is 9.91. The van der Waals surface area contributed by atoms with E-state index in [1.807, 2.05) is 6.07 Å². The van der Waals surface area contributed by atoms with Gasteiger partial charge in [0.15, 0.2) is 11.5 Å². The molecule has 0 spiro atoms. The Labute approximate surface area is 187 Å². The number of hydrogen-bond donors (Lipinski definition) is 1. The first-order valence-electron chi connectivity index (χ1n) is 10.6. The van der Waals surface area contributed by atoms with Crippen LogP contribution in [0.1, 0.15) is 17.5 Å². The Bertz CT molecular complexity index is 1370. The molecule has 10 heteroatoms. The van der Waals surface area contributed by atoms with Crippen LogP contribution in [-0.4, -0.2) is 54.9 Å². The molecule has 166 valence electrons. The zero-order chi connectivity index (χ0) is 22.6. The van der Waals surface area contributed by atoms with Gasteiger partial charge >= 0.3 is 0 Å². The molecule has 0 radical (unpaired) electrons. The molecule has 5 heterocycles. The second-order valence-electron chi connectivity index (χ2n) is 8.46. The maximum atomic E-state index is 14.2. The fourth-order valence-corrected chi connectivity index (χ4v) is 4.98. The number of hydrogen-bond acceptors (Lipinski definition) is 7. The Kier molecular flexibility index (Phi) is 4.37. The minimum atomic E-state index is -1.19. The molecule has 3 aromatic heterocycles. The summed E-state index contributed by atoms with van der Waals surface area (Å²) in [4.78, 5) is 26.5. The van der Waals surface area contributed by atoms with Gasteiger partial charge in [-0.25, -0.2) is 24.0 Å². The molecule has 1 N–H and O–H groups in total. The van der Waals surface area contributed by atoms with Crippen LogP contribution >= 0.6 is 0 Å². The van der Waals surface area contributed by atoms with Gasteiger partial charge in [-0.15, -0.1) is 0 Å². The van der Waals surface area contributed by atoms with Crippen molar-refractivity contribution in [2.24, 2.45) is 0 Å². The maximum Gasteiger partial charge on any atom is 0.180 e. The van der Waals surface area contributed by atoms with Gasteiger partial charge in [0.2, 0.25) is 0 Å². The zero-order valence-electron chi connectivity index (χ0n) is 17.5. The number of likely N-dealkylation sites (tertiary alicyclic amines) is 1. The van der Waals surface area contributed by atoms with Gasteiger partial charge in [0.1, 0.15) is 17.6 Å². The minimum absolute atomic E-state index is 0.103. The molecule has 33 heavy (non-hydrogen) atoms. The average Bonchev–Trinajstić information content (AvgIpc) is 3.53. The number of pyridine rings is 1. The molecule has 2 aliphatic heterocycles. The third kappa shape index (κ3) is 3.05. The summed E-state index contributed by atoms with van der Waals surface area (Å²) < 4.78 is 15.9. The second-order valence-corrected chi connectivity index (χ2v) is 8.46. The molecular formula is C23H19FN7O2-. The van der Waals surface area contributed by atoms with Crippen molar-refractivity contribution in [1.82, 2.24) is 34.9 Å². The Morgan fingerprint density at radius 2 is 2.00 bits per heavy atom. The van der Waals surface area contributed by atoms with Crippen molar-refractivity contribution >= 4 is 17.1 Å². The Morgan fingerprint density at radius 3 is 2.76 bits per heavy atom. The normalized spacial score (nSPS) is 21.7. The Morgan fingerprint density at radius 1 is 1.18 bits per heavy atom. The summed E-state index contributed by atoms with van der Waals surface area (Å²) in [5, 5.41) is 20.4. The molecule has 2 aliphatic rings. The highest BCUT2D eigenvalue weighted by molar-refractivity contribution is 5.89. The summed E-state index contributed by atoms with van der Waals surface area (Å²) in [7, 11) is 0. The van der Waals surface area contributed by atoms with E-state index in [2.05, 4.69) is 25.4 Å². The maximum absolute atomic E-state index is 14.2. The molecule has 2 bridgehead atoms. The molecule has 2 fully saturated rings. The molecule has 2 atom stereocenters. The van der Waals surface area contributed by atoms with Gasteiger partial charge in [0, 0.05) is 48.8 Å². The van der Waals surface area contributed by atoms with Crippen LogP contribution in [0.25, 0.3) is 22.6 Å². The van der Waals surface area contributed by atoms with E-state index >= 15 is 0 Å². The van der Waals surface area contributed by atoms with Gasteiger partial charge < -0.3 is 20.1 Å². The van der Waals surface area contributed by atoms with E-state index in [-0.39, 0.29) is 18.4 Å². The van der Waals surface area contributed by atoms with Crippen LogP contribution in [0, 0.1) is 5.82 Å². The first-order chi connectivity index (χ1) is 16.0. The van der Waals surface area contributed by atoms with Crippen molar-refractivity contribution in [1.29, 1.82) is 0 Å². The molecule has 1 amide bonds. The number of carbonyl (C=O) groups is 1. The van der Waals surface area contributed by atoms with E-state index in [9.17, 15) is 14.3 Å². The molecule has 9 nitrogen and oxygen atoms in total. The summed E-state index contributed by atoms with van der Waals surface area (Å²) in [5.74, 6) is 0.0805. The number of nitrogens with zero attached hydrogens (tertiary/aromatic N) is 6. The Balaban J connectivity index is 1.38. The first-order valence-corrected chi connectivity index (χ1v) is 10.6. The topological polar surface area (TPSA) is 112 Å². The summed E-state index contributed by atoms with van der Waals surface area (Å²) >= 11 is 0. The quantitative estimate of drug-likeness (QED) is 0.505. The van der Waals surface area contributed by atoms with Crippen molar-refractivity contribution in [3.05, 3.63) is 71.9 Å². The highest BCUT2D eigenvalue weighted by atomic mass is 19.1. The molecule has 0 saturated carbocycles. The third-order valence-corrected chi connectivity index (χ3v) is 6.59. The van der Waals surface area contributed by atoms with Crippen molar-refractivity contribution in [2.45, 2.75) is 24.5 Å². The van der Waals surface area contributed by atoms with Gasteiger partial charge in [-0.05, 0) is 24.6 Å². The molecule has 6 rings (SSSR count). The van der Waals surface area contributed by atoms with Crippen LogP contribution in [0.15, 0.2) is 55.0 Å². The number of piperazine rings is 1. The number of carboxylic acid groups (broad SMARTS) is 1. The molecule has 1 aromatic carbocycles. The number of amides is 1. The predicted octanol–water partition coefficient (Wildman–Crippen LogP) is 1.29. The fraction of sp³-hybridized carbons (Fsp3) is 0.261. The molecule has 0 aliphatic carbocycles. The highest BCUT2D eigenvalue weighted by Crippen LogP contribution is 2.42. The van der Waals surface area contributed by atoms with Crippen molar-refractivity contribution in [3.63, 3.8) is 0 Å². The molecule has 2 unspecified atom stereocenters. The second kappa shape index (κ2) is 7.31. The fourth-order valence-electron chi connectivity index (χ4n) is 4.98. The zero-order valence-corrected chi connectivity index (χ0v) is 17.5. The van der Waals surface area contributed by atoms with E-state index in [4.69, 9.17) is 0 Å². The first kappa shape index (κ1) is 19.7. The number of nitrogens with one attached hydrogen (secondary N) is 1. The van der Waals surface area contributed by atoms with Crippen LogP contribution < -0.4 is 10.4 Å².